The van der Waals surface area contributed by atoms with E-state index in [-0.39, 0.29) is 18.2 Å². The summed E-state index contributed by atoms with van der Waals surface area (Å²) in [7, 11) is 1.68. The standard InChI is InChI=1S/C18H16N2O3S/c1-20(11-14-6-4-10-24-14)17(21)12-23-18(22)16-9-8-13-5-2-3-7-15(13)19-16/h2-10H,11-12H2,1H3. The summed E-state index contributed by atoms with van der Waals surface area (Å²) in [6.45, 7) is 0.206. The van der Waals surface area contributed by atoms with Crippen LogP contribution in [0.25, 0.3) is 10.9 Å². The fourth-order valence-electron chi connectivity index (χ4n) is 2.22. The maximum absolute atomic E-state index is 12.1. The van der Waals surface area contributed by atoms with Gasteiger partial charge in [0, 0.05) is 17.3 Å². The summed E-state index contributed by atoms with van der Waals surface area (Å²) >= 11 is 1.58. The Labute approximate surface area is 143 Å². The molecule has 0 aliphatic rings. The number of para-hydroxylation sites is 1. The topological polar surface area (TPSA) is 59.5 Å². The number of fused-ring (bicyclic) bond motifs is 1. The van der Waals surface area contributed by atoms with Crippen LogP contribution in [0.2, 0.25) is 0 Å². The summed E-state index contributed by atoms with van der Waals surface area (Å²) in [6, 6.07) is 14.8. The van der Waals surface area contributed by atoms with E-state index in [1.54, 1.807) is 24.5 Å². The van der Waals surface area contributed by atoms with E-state index in [0.29, 0.717) is 12.1 Å². The SMILES string of the molecule is CN(Cc1cccs1)C(=O)COC(=O)c1ccc2ccccc2n1. The highest BCUT2D eigenvalue weighted by molar-refractivity contribution is 7.09. The third kappa shape index (κ3) is 3.78. The monoisotopic (exact) mass is 340 g/mol. The van der Waals surface area contributed by atoms with Gasteiger partial charge in [0.25, 0.3) is 5.91 Å². The number of nitrogens with zero attached hydrogens (tertiary/aromatic N) is 2. The Morgan fingerprint density at radius 1 is 1.12 bits per heavy atom. The number of rotatable bonds is 5. The lowest BCUT2D eigenvalue weighted by atomic mass is 10.2. The summed E-state index contributed by atoms with van der Waals surface area (Å²) in [5.74, 6) is -0.851. The molecule has 0 N–H and O–H groups in total. The van der Waals surface area contributed by atoms with Crippen LogP contribution in [-0.2, 0) is 16.1 Å². The molecule has 0 saturated heterocycles. The number of carbonyl (C=O) groups is 2. The second-order valence-electron chi connectivity index (χ2n) is 5.29. The zero-order valence-electron chi connectivity index (χ0n) is 13.1. The maximum atomic E-state index is 12.1. The summed E-state index contributed by atoms with van der Waals surface area (Å²) < 4.78 is 5.09. The number of esters is 1. The second kappa shape index (κ2) is 7.23. The van der Waals surface area contributed by atoms with Gasteiger partial charge in [-0.15, -0.1) is 11.3 Å². The number of likely N-dealkylation sites (N-methyl/N-ethyl adjacent to an activating group) is 1. The van der Waals surface area contributed by atoms with Crippen molar-refractivity contribution in [3.8, 4) is 0 Å². The molecule has 0 bridgehead atoms. The van der Waals surface area contributed by atoms with Crippen LogP contribution in [0.1, 0.15) is 15.4 Å². The molecule has 0 unspecified atom stereocenters. The molecule has 0 radical (unpaired) electrons. The second-order valence-corrected chi connectivity index (χ2v) is 6.33. The number of ether oxygens (including phenoxy) is 1. The molecule has 0 spiro atoms. The normalized spacial score (nSPS) is 10.5. The zero-order chi connectivity index (χ0) is 16.9. The Kier molecular flexibility index (Phi) is 4.86. The molecule has 2 aromatic heterocycles. The highest BCUT2D eigenvalue weighted by Crippen LogP contribution is 2.13. The van der Waals surface area contributed by atoms with Gasteiger partial charge in [0.15, 0.2) is 6.61 Å². The predicted molar refractivity (Wildman–Crippen MR) is 92.8 cm³/mol. The number of aromatic nitrogens is 1. The largest absolute Gasteiger partial charge is 0.451 e. The van der Waals surface area contributed by atoms with Crippen molar-refractivity contribution >= 4 is 34.1 Å². The minimum absolute atomic E-state index is 0.197. The number of benzene rings is 1. The first-order valence-electron chi connectivity index (χ1n) is 7.43. The molecule has 3 aromatic rings. The fourth-order valence-corrected chi connectivity index (χ4v) is 2.97. The Hall–Kier alpha value is -2.73. The predicted octanol–water partition coefficient (Wildman–Crippen LogP) is 3.11. The highest BCUT2D eigenvalue weighted by Gasteiger charge is 2.15. The number of hydrogen-bond acceptors (Lipinski definition) is 5. The van der Waals surface area contributed by atoms with E-state index in [9.17, 15) is 9.59 Å². The molecule has 24 heavy (non-hydrogen) atoms. The lowest BCUT2D eigenvalue weighted by Crippen LogP contribution is -2.30. The van der Waals surface area contributed by atoms with E-state index in [0.717, 1.165) is 10.3 Å². The van der Waals surface area contributed by atoms with Crippen LogP contribution in [-0.4, -0.2) is 35.4 Å². The molecular weight excluding hydrogens is 324 g/mol. The molecule has 0 atom stereocenters. The van der Waals surface area contributed by atoms with Gasteiger partial charge in [-0.3, -0.25) is 4.79 Å². The van der Waals surface area contributed by atoms with Gasteiger partial charge in [0.05, 0.1) is 12.1 Å². The highest BCUT2D eigenvalue weighted by atomic mass is 32.1. The first-order valence-corrected chi connectivity index (χ1v) is 8.31. The van der Waals surface area contributed by atoms with Crippen molar-refractivity contribution in [2.24, 2.45) is 0 Å². The van der Waals surface area contributed by atoms with Crippen LogP contribution >= 0.6 is 11.3 Å². The van der Waals surface area contributed by atoms with E-state index >= 15 is 0 Å². The van der Waals surface area contributed by atoms with Crippen molar-refractivity contribution in [1.82, 2.24) is 9.88 Å². The average Bonchev–Trinajstić information content (AvgIpc) is 3.11. The quantitative estimate of drug-likeness (QED) is 0.670. The first-order chi connectivity index (χ1) is 11.6. The van der Waals surface area contributed by atoms with E-state index in [4.69, 9.17) is 4.74 Å². The van der Waals surface area contributed by atoms with Crippen LogP contribution in [0.5, 0.6) is 0 Å². The molecule has 0 fully saturated rings. The fraction of sp³-hybridized carbons (Fsp3) is 0.167. The molecule has 1 amide bonds. The van der Waals surface area contributed by atoms with Gasteiger partial charge in [-0.1, -0.05) is 30.3 Å². The van der Waals surface area contributed by atoms with Crippen LogP contribution < -0.4 is 0 Å². The van der Waals surface area contributed by atoms with Gasteiger partial charge in [0.2, 0.25) is 0 Å². The molecule has 5 nitrogen and oxygen atoms in total. The van der Waals surface area contributed by atoms with Gasteiger partial charge >= 0.3 is 5.97 Å². The number of carbonyl (C=O) groups excluding carboxylic acids is 2. The number of thiophene rings is 1. The smallest absolute Gasteiger partial charge is 0.357 e. The summed E-state index contributed by atoms with van der Waals surface area (Å²) in [5.41, 5.74) is 0.912. The van der Waals surface area contributed by atoms with Crippen molar-refractivity contribution in [3.63, 3.8) is 0 Å². The van der Waals surface area contributed by atoms with Crippen molar-refractivity contribution < 1.29 is 14.3 Å². The average molecular weight is 340 g/mol. The summed E-state index contributed by atoms with van der Waals surface area (Å²) in [4.78, 5) is 31.0. The van der Waals surface area contributed by atoms with Gasteiger partial charge < -0.3 is 9.64 Å². The Morgan fingerprint density at radius 2 is 1.96 bits per heavy atom. The van der Waals surface area contributed by atoms with Crippen LogP contribution in [0.4, 0.5) is 0 Å². The van der Waals surface area contributed by atoms with Crippen molar-refractivity contribution in [2.45, 2.75) is 6.54 Å². The van der Waals surface area contributed by atoms with E-state index in [1.807, 2.05) is 47.8 Å². The minimum atomic E-state index is -0.598. The van der Waals surface area contributed by atoms with Gasteiger partial charge in [0.1, 0.15) is 5.69 Å². The van der Waals surface area contributed by atoms with Crippen LogP contribution in [0, 0.1) is 0 Å². The molecule has 3 rings (SSSR count). The number of amides is 1. The van der Waals surface area contributed by atoms with Crippen molar-refractivity contribution in [1.29, 1.82) is 0 Å². The number of hydrogen-bond donors (Lipinski definition) is 0. The molecular formula is C18H16N2O3S. The summed E-state index contributed by atoms with van der Waals surface area (Å²) in [6.07, 6.45) is 0. The van der Waals surface area contributed by atoms with Crippen LogP contribution in [0.3, 0.4) is 0 Å². The zero-order valence-corrected chi connectivity index (χ0v) is 14.0. The molecule has 0 saturated carbocycles. The van der Waals surface area contributed by atoms with E-state index in [1.165, 1.54) is 4.90 Å². The Balaban J connectivity index is 1.58. The molecule has 1 aromatic carbocycles. The van der Waals surface area contributed by atoms with Crippen molar-refractivity contribution in [2.75, 3.05) is 13.7 Å². The lowest BCUT2D eigenvalue weighted by molar-refractivity contribution is -0.133. The van der Waals surface area contributed by atoms with Gasteiger partial charge in [-0.05, 0) is 23.6 Å². The molecule has 6 heteroatoms. The molecule has 0 aliphatic carbocycles. The summed E-state index contributed by atoms with van der Waals surface area (Å²) in [5, 5.41) is 2.90. The maximum Gasteiger partial charge on any atom is 0.357 e. The van der Waals surface area contributed by atoms with E-state index < -0.39 is 5.97 Å². The van der Waals surface area contributed by atoms with Crippen molar-refractivity contribution in [3.05, 3.63) is 64.5 Å². The first kappa shape index (κ1) is 16.1. The van der Waals surface area contributed by atoms with E-state index in [2.05, 4.69) is 4.98 Å². The molecule has 0 aliphatic heterocycles. The lowest BCUT2D eigenvalue weighted by Gasteiger charge is -2.16. The number of pyridine rings is 1. The Morgan fingerprint density at radius 3 is 2.75 bits per heavy atom. The molecule has 2 heterocycles. The van der Waals surface area contributed by atoms with Crippen LogP contribution in [0.15, 0.2) is 53.9 Å². The molecule has 122 valence electrons. The third-order valence-corrected chi connectivity index (χ3v) is 4.39. The van der Waals surface area contributed by atoms with Gasteiger partial charge in [-0.2, -0.15) is 0 Å². The Bertz CT molecular complexity index is 862. The minimum Gasteiger partial charge on any atom is -0.451 e. The third-order valence-electron chi connectivity index (χ3n) is 3.53. The van der Waals surface area contributed by atoms with Gasteiger partial charge in [-0.25, -0.2) is 9.78 Å².